The minimum Gasteiger partial charge on any atom is -0.303 e. The predicted octanol–water partition coefficient (Wildman–Crippen LogP) is 3.59. The molecule has 1 aromatic rings. The molecule has 0 unspecified atom stereocenters. The highest BCUT2D eigenvalue weighted by atomic mass is 15.2. The Balaban J connectivity index is 2.11. The Bertz CT molecular complexity index is 486. The van der Waals surface area contributed by atoms with Crippen LogP contribution in [0.4, 0.5) is 0 Å². The molecule has 2 rings (SSSR count). The van der Waals surface area contributed by atoms with E-state index in [1.54, 1.807) is 4.90 Å². The third-order valence-electron chi connectivity index (χ3n) is 3.62. The summed E-state index contributed by atoms with van der Waals surface area (Å²) in [6.45, 7) is 0.583. The maximum Gasteiger partial charge on any atom is 0.179 e. The van der Waals surface area contributed by atoms with Crippen molar-refractivity contribution in [1.82, 2.24) is 4.90 Å². The largest absolute Gasteiger partial charge is 0.303 e. The van der Waals surface area contributed by atoms with E-state index in [0.29, 0.717) is 6.54 Å². The fourth-order valence-electron chi connectivity index (χ4n) is 2.66. The SMILES string of the molecule is N#CN(Cc1ccccc1)[C@H]1CCCC[C@H]1N=[N+]=[N-]. The second-order valence-electron chi connectivity index (χ2n) is 4.84. The van der Waals surface area contributed by atoms with E-state index in [-0.39, 0.29) is 12.1 Å². The summed E-state index contributed by atoms with van der Waals surface area (Å²) < 4.78 is 0. The molecule has 5 heteroatoms. The maximum atomic E-state index is 9.37. The molecule has 0 saturated heterocycles. The Labute approximate surface area is 113 Å². The predicted molar refractivity (Wildman–Crippen MR) is 72.8 cm³/mol. The molecule has 5 nitrogen and oxygen atoms in total. The molecule has 0 spiro atoms. The Morgan fingerprint density at radius 3 is 2.74 bits per heavy atom. The minimum absolute atomic E-state index is 0.0369. The zero-order valence-corrected chi connectivity index (χ0v) is 10.8. The van der Waals surface area contributed by atoms with E-state index >= 15 is 0 Å². The molecule has 0 amide bonds. The number of rotatable bonds is 4. The van der Waals surface area contributed by atoms with Crippen molar-refractivity contribution in [2.24, 2.45) is 5.11 Å². The summed E-state index contributed by atoms with van der Waals surface area (Å²) in [5.41, 5.74) is 9.74. The van der Waals surface area contributed by atoms with E-state index < -0.39 is 0 Å². The molecule has 1 aliphatic rings. The molecule has 0 bridgehead atoms. The van der Waals surface area contributed by atoms with Gasteiger partial charge in [-0.2, -0.15) is 5.26 Å². The topological polar surface area (TPSA) is 75.8 Å². The van der Waals surface area contributed by atoms with Crippen LogP contribution < -0.4 is 0 Å². The van der Waals surface area contributed by atoms with Crippen molar-refractivity contribution in [3.05, 3.63) is 46.3 Å². The average Bonchev–Trinajstić information content (AvgIpc) is 2.47. The number of azide groups is 1. The number of hydrogen-bond donors (Lipinski definition) is 0. The molecule has 0 aliphatic heterocycles. The molecular weight excluding hydrogens is 238 g/mol. The third-order valence-corrected chi connectivity index (χ3v) is 3.62. The van der Waals surface area contributed by atoms with Crippen molar-refractivity contribution in [3.8, 4) is 6.19 Å². The first-order chi connectivity index (χ1) is 9.35. The van der Waals surface area contributed by atoms with Gasteiger partial charge in [-0.05, 0) is 23.9 Å². The van der Waals surface area contributed by atoms with Crippen LogP contribution in [-0.4, -0.2) is 17.0 Å². The molecule has 98 valence electrons. The van der Waals surface area contributed by atoms with Crippen LogP contribution in [0.3, 0.4) is 0 Å². The fourth-order valence-corrected chi connectivity index (χ4v) is 2.66. The summed E-state index contributed by atoms with van der Waals surface area (Å²) in [4.78, 5) is 4.68. The lowest BCUT2D eigenvalue weighted by atomic mass is 9.89. The van der Waals surface area contributed by atoms with E-state index in [0.717, 1.165) is 31.2 Å². The fraction of sp³-hybridized carbons (Fsp3) is 0.500. The monoisotopic (exact) mass is 255 g/mol. The van der Waals surface area contributed by atoms with Crippen LogP contribution in [0.2, 0.25) is 0 Å². The first-order valence-corrected chi connectivity index (χ1v) is 6.59. The number of nitriles is 1. The van der Waals surface area contributed by atoms with Crippen molar-refractivity contribution in [3.63, 3.8) is 0 Å². The van der Waals surface area contributed by atoms with Gasteiger partial charge in [0, 0.05) is 11.0 Å². The summed E-state index contributed by atoms with van der Waals surface area (Å²) in [7, 11) is 0. The van der Waals surface area contributed by atoms with E-state index in [1.807, 2.05) is 30.3 Å². The molecular formula is C14H17N5. The van der Waals surface area contributed by atoms with Gasteiger partial charge in [0.05, 0.1) is 12.6 Å². The molecule has 1 aliphatic carbocycles. The smallest absolute Gasteiger partial charge is 0.179 e. The summed E-state index contributed by atoms with van der Waals surface area (Å²) in [6.07, 6.45) is 6.22. The van der Waals surface area contributed by atoms with Crippen molar-refractivity contribution >= 4 is 0 Å². The lowest BCUT2D eigenvalue weighted by Gasteiger charge is -2.34. The molecule has 0 aromatic heterocycles. The average molecular weight is 255 g/mol. The number of hydrogen-bond acceptors (Lipinski definition) is 3. The van der Waals surface area contributed by atoms with Gasteiger partial charge in [0.25, 0.3) is 0 Å². The van der Waals surface area contributed by atoms with Gasteiger partial charge >= 0.3 is 0 Å². The Kier molecular flexibility index (Phi) is 4.66. The van der Waals surface area contributed by atoms with E-state index in [1.165, 1.54) is 0 Å². The van der Waals surface area contributed by atoms with E-state index in [4.69, 9.17) is 5.53 Å². The molecule has 1 aromatic carbocycles. The van der Waals surface area contributed by atoms with Crippen molar-refractivity contribution in [2.75, 3.05) is 0 Å². The van der Waals surface area contributed by atoms with Crippen LogP contribution >= 0.6 is 0 Å². The maximum absolute atomic E-state index is 9.37. The lowest BCUT2D eigenvalue weighted by Crippen LogP contribution is -2.41. The highest BCUT2D eigenvalue weighted by Gasteiger charge is 2.29. The lowest BCUT2D eigenvalue weighted by molar-refractivity contribution is 0.195. The number of nitrogens with zero attached hydrogens (tertiary/aromatic N) is 5. The highest BCUT2D eigenvalue weighted by Crippen LogP contribution is 2.26. The van der Waals surface area contributed by atoms with Gasteiger partial charge in [-0.15, -0.1) is 0 Å². The molecule has 2 atom stereocenters. The van der Waals surface area contributed by atoms with E-state index in [9.17, 15) is 5.26 Å². The molecule has 0 radical (unpaired) electrons. The second-order valence-corrected chi connectivity index (χ2v) is 4.84. The molecule has 1 saturated carbocycles. The van der Waals surface area contributed by atoms with Crippen molar-refractivity contribution < 1.29 is 0 Å². The Morgan fingerprint density at radius 2 is 2.05 bits per heavy atom. The van der Waals surface area contributed by atoms with Gasteiger partial charge < -0.3 is 4.90 Å². The first-order valence-electron chi connectivity index (χ1n) is 6.59. The zero-order chi connectivity index (χ0) is 13.5. The standard InChI is InChI=1S/C14H17N5/c15-11-19(10-12-6-2-1-3-7-12)14-9-5-4-8-13(14)17-18-16/h1-3,6-7,13-14H,4-5,8-10H2/t13-,14+/m1/s1. The third kappa shape index (κ3) is 3.40. The Hall–Kier alpha value is -2.18. The van der Waals surface area contributed by atoms with Crippen molar-refractivity contribution in [1.29, 1.82) is 5.26 Å². The Morgan fingerprint density at radius 1 is 1.32 bits per heavy atom. The normalized spacial score (nSPS) is 22.1. The van der Waals surface area contributed by atoms with Crippen LogP contribution in [0.25, 0.3) is 10.4 Å². The second kappa shape index (κ2) is 6.67. The number of benzene rings is 1. The quantitative estimate of drug-likeness (QED) is 0.271. The molecule has 0 heterocycles. The first kappa shape index (κ1) is 13.3. The van der Waals surface area contributed by atoms with Crippen LogP contribution in [0, 0.1) is 11.5 Å². The van der Waals surface area contributed by atoms with Crippen LogP contribution in [0.15, 0.2) is 35.4 Å². The minimum atomic E-state index is -0.0814. The van der Waals surface area contributed by atoms with Crippen LogP contribution in [0.1, 0.15) is 31.2 Å². The van der Waals surface area contributed by atoms with Gasteiger partial charge in [0.1, 0.15) is 0 Å². The van der Waals surface area contributed by atoms with Gasteiger partial charge in [-0.1, -0.05) is 48.3 Å². The van der Waals surface area contributed by atoms with Gasteiger partial charge in [-0.25, -0.2) is 0 Å². The van der Waals surface area contributed by atoms with Gasteiger partial charge in [-0.3, -0.25) is 0 Å². The zero-order valence-electron chi connectivity index (χ0n) is 10.8. The molecule has 0 N–H and O–H groups in total. The van der Waals surface area contributed by atoms with E-state index in [2.05, 4.69) is 16.2 Å². The van der Waals surface area contributed by atoms with Gasteiger partial charge in [0.2, 0.25) is 0 Å². The summed E-state index contributed by atoms with van der Waals surface area (Å²) >= 11 is 0. The summed E-state index contributed by atoms with van der Waals surface area (Å²) in [6, 6.07) is 9.87. The molecule has 19 heavy (non-hydrogen) atoms. The van der Waals surface area contributed by atoms with Crippen LogP contribution in [0.5, 0.6) is 0 Å². The van der Waals surface area contributed by atoms with Gasteiger partial charge in [0.15, 0.2) is 6.19 Å². The van der Waals surface area contributed by atoms with Crippen molar-refractivity contribution in [2.45, 2.75) is 44.3 Å². The molecule has 1 fully saturated rings. The summed E-state index contributed by atoms with van der Waals surface area (Å²) in [5, 5.41) is 13.2. The summed E-state index contributed by atoms with van der Waals surface area (Å²) in [5.74, 6) is 0. The highest BCUT2D eigenvalue weighted by molar-refractivity contribution is 5.15. The van der Waals surface area contributed by atoms with Crippen LogP contribution in [-0.2, 0) is 6.54 Å².